The summed E-state index contributed by atoms with van der Waals surface area (Å²) in [6, 6.07) is 6.23. The van der Waals surface area contributed by atoms with Gasteiger partial charge in [0.25, 0.3) is 11.8 Å². The minimum absolute atomic E-state index is 0.0197. The van der Waals surface area contributed by atoms with E-state index in [1.54, 1.807) is 21.9 Å². The lowest BCUT2D eigenvalue weighted by atomic mass is 10.0. The van der Waals surface area contributed by atoms with E-state index in [0.717, 1.165) is 25.7 Å². The van der Waals surface area contributed by atoms with Crippen LogP contribution >= 0.6 is 0 Å². The maximum Gasteiger partial charge on any atom is 0.253 e. The topological polar surface area (TPSA) is 87.2 Å². The van der Waals surface area contributed by atoms with Crippen LogP contribution in [0.15, 0.2) is 29.2 Å². The van der Waals surface area contributed by atoms with Gasteiger partial charge in [-0.3, -0.25) is 9.59 Å². The van der Waals surface area contributed by atoms with Crippen LogP contribution in [0.2, 0.25) is 0 Å². The predicted octanol–water partition coefficient (Wildman–Crippen LogP) is 1.57. The van der Waals surface area contributed by atoms with E-state index in [4.69, 9.17) is 4.74 Å². The lowest BCUT2D eigenvalue weighted by Gasteiger charge is -2.35. The summed E-state index contributed by atoms with van der Waals surface area (Å²) >= 11 is 0. The first kappa shape index (κ1) is 22.2. The number of sulfonamides is 1. The minimum atomic E-state index is -3.53. The summed E-state index contributed by atoms with van der Waals surface area (Å²) in [5.74, 6) is 0.430. The van der Waals surface area contributed by atoms with Crippen LogP contribution in [-0.2, 0) is 19.6 Å². The van der Waals surface area contributed by atoms with E-state index in [2.05, 4.69) is 6.92 Å². The molecule has 3 fully saturated rings. The lowest BCUT2D eigenvalue weighted by molar-refractivity contribution is -0.142. The molecular weight excluding hydrogens is 418 g/mol. The third-order valence-corrected chi connectivity index (χ3v) is 8.48. The largest absolute Gasteiger partial charge is 0.368 e. The molecule has 0 saturated carbocycles. The highest BCUT2D eigenvalue weighted by Crippen LogP contribution is 2.24. The number of hydrogen-bond donors (Lipinski definition) is 0. The van der Waals surface area contributed by atoms with Gasteiger partial charge in [0.1, 0.15) is 6.10 Å². The highest BCUT2D eigenvalue weighted by atomic mass is 32.2. The molecule has 1 aromatic carbocycles. The van der Waals surface area contributed by atoms with Gasteiger partial charge in [0.05, 0.1) is 4.90 Å². The molecule has 0 radical (unpaired) electrons. The fourth-order valence-corrected chi connectivity index (χ4v) is 5.90. The van der Waals surface area contributed by atoms with Gasteiger partial charge in [-0.05, 0) is 55.9 Å². The molecule has 1 aromatic rings. The highest BCUT2D eigenvalue weighted by molar-refractivity contribution is 7.89. The number of piperazine rings is 1. The van der Waals surface area contributed by atoms with Crippen LogP contribution in [-0.4, -0.2) is 86.3 Å². The van der Waals surface area contributed by atoms with Gasteiger partial charge >= 0.3 is 0 Å². The maximum atomic E-state index is 12.9. The van der Waals surface area contributed by atoms with Crippen LogP contribution in [0.1, 0.15) is 43.0 Å². The Hall–Kier alpha value is -1.97. The molecule has 2 amide bonds. The monoisotopic (exact) mass is 449 g/mol. The van der Waals surface area contributed by atoms with Crippen molar-refractivity contribution in [2.24, 2.45) is 5.92 Å². The second-order valence-electron chi connectivity index (χ2n) is 8.73. The zero-order chi connectivity index (χ0) is 22.0. The number of carbonyl (C=O) groups is 2. The summed E-state index contributed by atoms with van der Waals surface area (Å²) in [6.07, 6.45) is 3.09. The van der Waals surface area contributed by atoms with Crippen LogP contribution in [0.4, 0.5) is 0 Å². The van der Waals surface area contributed by atoms with Crippen LogP contribution < -0.4 is 0 Å². The average Bonchev–Trinajstić information content (AvgIpc) is 3.34. The van der Waals surface area contributed by atoms with Crippen molar-refractivity contribution < 1.29 is 22.7 Å². The zero-order valence-electron chi connectivity index (χ0n) is 18.0. The maximum absolute atomic E-state index is 12.9. The van der Waals surface area contributed by atoms with Crippen molar-refractivity contribution in [2.45, 2.75) is 43.6 Å². The Morgan fingerprint density at radius 2 is 1.52 bits per heavy atom. The van der Waals surface area contributed by atoms with E-state index in [0.29, 0.717) is 57.4 Å². The number of piperidine rings is 1. The van der Waals surface area contributed by atoms with Gasteiger partial charge in [0, 0.05) is 51.4 Å². The fourth-order valence-electron chi connectivity index (χ4n) is 4.43. The molecule has 0 N–H and O–H groups in total. The van der Waals surface area contributed by atoms with Crippen LogP contribution in [0, 0.1) is 5.92 Å². The number of nitrogens with zero attached hydrogens (tertiary/aromatic N) is 3. The van der Waals surface area contributed by atoms with Crippen molar-refractivity contribution in [1.29, 1.82) is 0 Å². The Balaban J connectivity index is 1.35. The number of rotatable bonds is 4. The first-order valence-corrected chi connectivity index (χ1v) is 12.6. The smallest absolute Gasteiger partial charge is 0.253 e. The number of ether oxygens (including phenoxy) is 1. The lowest BCUT2D eigenvalue weighted by Crippen LogP contribution is -2.52. The van der Waals surface area contributed by atoms with Crippen LogP contribution in [0.3, 0.4) is 0 Å². The first-order chi connectivity index (χ1) is 14.9. The normalized spacial score (nSPS) is 23.8. The van der Waals surface area contributed by atoms with Crippen molar-refractivity contribution in [2.75, 3.05) is 45.9 Å². The van der Waals surface area contributed by atoms with Crippen LogP contribution in [0.25, 0.3) is 0 Å². The fraction of sp³-hybridized carbons (Fsp3) is 0.636. The van der Waals surface area contributed by atoms with Crippen molar-refractivity contribution in [3.05, 3.63) is 29.8 Å². The second kappa shape index (κ2) is 9.26. The van der Waals surface area contributed by atoms with Crippen molar-refractivity contribution in [1.82, 2.24) is 14.1 Å². The SMILES string of the molecule is CC1CCN(S(=O)(=O)c2ccc(C(=O)N3CCN(C(=O)C4CCCO4)CC3)cc2)CC1. The molecule has 4 rings (SSSR count). The van der Waals surface area contributed by atoms with Crippen molar-refractivity contribution in [3.63, 3.8) is 0 Å². The Bertz CT molecular complexity index is 896. The molecule has 0 aliphatic carbocycles. The summed E-state index contributed by atoms with van der Waals surface area (Å²) < 4.78 is 32.7. The third-order valence-electron chi connectivity index (χ3n) is 6.57. The molecule has 0 bridgehead atoms. The van der Waals surface area contributed by atoms with E-state index in [1.165, 1.54) is 16.4 Å². The summed E-state index contributed by atoms with van der Waals surface area (Å²) in [6.45, 7) is 5.76. The first-order valence-electron chi connectivity index (χ1n) is 11.2. The molecule has 0 spiro atoms. The number of hydrogen-bond acceptors (Lipinski definition) is 5. The molecule has 8 nitrogen and oxygen atoms in total. The molecule has 1 atom stereocenters. The Labute approximate surface area is 184 Å². The van der Waals surface area contributed by atoms with E-state index in [1.807, 2.05) is 0 Å². The summed E-state index contributed by atoms with van der Waals surface area (Å²) in [4.78, 5) is 29.0. The van der Waals surface area contributed by atoms with Crippen LogP contribution in [0.5, 0.6) is 0 Å². The molecule has 9 heteroatoms. The molecule has 3 heterocycles. The standard InChI is InChI=1S/C22H31N3O5S/c1-17-8-10-25(11-9-17)31(28,29)19-6-4-18(5-7-19)21(26)23-12-14-24(15-13-23)22(27)20-3-2-16-30-20/h4-7,17,20H,2-3,8-16H2,1H3. The Morgan fingerprint density at radius 3 is 2.10 bits per heavy atom. The molecule has 1 unspecified atom stereocenters. The summed E-state index contributed by atoms with van der Waals surface area (Å²) in [5.41, 5.74) is 0.463. The Morgan fingerprint density at radius 1 is 0.903 bits per heavy atom. The van der Waals surface area contributed by atoms with Gasteiger partial charge in [0.15, 0.2) is 0 Å². The molecule has 170 valence electrons. The van der Waals surface area contributed by atoms with Gasteiger partial charge in [-0.25, -0.2) is 8.42 Å². The number of carbonyl (C=O) groups excluding carboxylic acids is 2. The second-order valence-corrected chi connectivity index (χ2v) is 10.7. The van der Waals surface area contributed by atoms with Gasteiger partial charge < -0.3 is 14.5 Å². The predicted molar refractivity (Wildman–Crippen MR) is 115 cm³/mol. The van der Waals surface area contributed by atoms with E-state index in [9.17, 15) is 18.0 Å². The third kappa shape index (κ3) is 4.78. The van der Waals surface area contributed by atoms with Gasteiger partial charge in [-0.1, -0.05) is 6.92 Å². The van der Waals surface area contributed by atoms with Gasteiger partial charge in [-0.15, -0.1) is 0 Å². The van der Waals surface area contributed by atoms with E-state index in [-0.39, 0.29) is 22.8 Å². The van der Waals surface area contributed by atoms with Gasteiger partial charge in [0.2, 0.25) is 10.0 Å². The minimum Gasteiger partial charge on any atom is -0.368 e. The highest BCUT2D eigenvalue weighted by Gasteiger charge is 2.32. The molecule has 3 saturated heterocycles. The summed E-state index contributed by atoms with van der Waals surface area (Å²) in [5, 5.41) is 0. The van der Waals surface area contributed by atoms with E-state index >= 15 is 0 Å². The summed E-state index contributed by atoms with van der Waals surface area (Å²) in [7, 11) is -3.53. The van der Waals surface area contributed by atoms with Crippen molar-refractivity contribution >= 4 is 21.8 Å². The number of benzene rings is 1. The molecule has 0 aromatic heterocycles. The van der Waals surface area contributed by atoms with Crippen molar-refractivity contribution in [3.8, 4) is 0 Å². The van der Waals surface area contributed by atoms with E-state index < -0.39 is 10.0 Å². The molecule has 3 aliphatic rings. The molecule has 31 heavy (non-hydrogen) atoms. The van der Waals surface area contributed by atoms with Gasteiger partial charge in [-0.2, -0.15) is 4.31 Å². The molecule has 3 aliphatic heterocycles. The molecular formula is C22H31N3O5S. The quantitative estimate of drug-likeness (QED) is 0.696. The number of amides is 2. The zero-order valence-corrected chi connectivity index (χ0v) is 18.8. The average molecular weight is 450 g/mol. The Kier molecular flexibility index (Phi) is 6.64.